The van der Waals surface area contributed by atoms with E-state index in [-0.39, 0.29) is 0 Å². The standard InChI is InChI=1S/C10H16N2O3/c1-6(10(14)15-4)9(13)8-5-11-12(3)7(8)2/h5-6,9,13H,1-4H3. The number of hydrogen-bond acceptors (Lipinski definition) is 4. The van der Waals surface area contributed by atoms with Gasteiger partial charge >= 0.3 is 5.97 Å². The van der Waals surface area contributed by atoms with E-state index in [1.165, 1.54) is 7.11 Å². The fraction of sp³-hybridized carbons (Fsp3) is 0.600. The number of aromatic nitrogens is 2. The SMILES string of the molecule is COC(=O)C(C)C(O)c1cnn(C)c1C. The lowest BCUT2D eigenvalue weighted by Gasteiger charge is -2.16. The molecule has 0 saturated carbocycles. The number of ether oxygens (including phenoxy) is 1. The maximum Gasteiger partial charge on any atom is 0.311 e. The van der Waals surface area contributed by atoms with Gasteiger partial charge in [0.05, 0.1) is 25.3 Å². The molecular weight excluding hydrogens is 196 g/mol. The van der Waals surface area contributed by atoms with Gasteiger partial charge in [0, 0.05) is 18.3 Å². The number of hydrogen-bond donors (Lipinski definition) is 1. The van der Waals surface area contributed by atoms with E-state index < -0.39 is 18.0 Å². The van der Waals surface area contributed by atoms with Crippen LogP contribution in [0.2, 0.25) is 0 Å². The Bertz CT molecular complexity index is 360. The molecule has 5 heteroatoms. The van der Waals surface area contributed by atoms with Crippen molar-refractivity contribution >= 4 is 5.97 Å². The Kier molecular flexibility index (Phi) is 3.47. The fourth-order valence-corrected chi connectivity index (χ4v) is 1.39. The summed E-state index contributed by atoms with van der Waals surface area (Å²) in [7, 11) is 3.09. The third kappa shape index (κ3) is 2.18. The van der Waals surface area contributed by atoms with E-state index in [9.17, 15) is 9.90 Å². The molecule has 0 fully saturated rings. The van der Waals surface area contributed by atoms with Gasteiger partial charge in [0.25, 0.3) is 0 Å². The summed E-state index contributed by atoms with van der Waals surface area (Å²) in [4.78, 5) is 11.2. The van der Waals surface area contributed by atoms with Crippen molar-refractivity contribution in [3.05, 3.63) is 17.5 Å². The second-order valence-corrected chi connectivity index (χ2v) is 3.57. The van der Waals surface area contributed by atoms with E-state index in [2.05, 4.69) is 9.84 Å². The molecule has 5 nitrogen and oxygen atoms in total. The van der Waals surface area contributed by atoms with Crippen LogP contribution < -0.4 is 0 Å². The van der Waals surface area contributed by atoms with Gasteiger partial charge in [-0.25, -0.2) is 0 Å². The van der Waals surface area contributed by atoms with Gasteiger partial charge < -0.3 is 9.84 Å². The Balaban J connectivity index is 2.89. The van der Waals surface area contributed by atoms with E-state index in [0.29, 0.717) is 5.56 Å². The first-order valence-corrected chi connectivity index (χ1v) is 4.73. The van der Waals surface area contributed by atoms with Gasteiger partial charge in [-0.2, -0.15) is 5.10 Å². The summed E-state index contributed by atoms with van der Waals surface area (Å²) >= 11 is 0. The van der Waals surface area contributed by atoms with Crippen molar-refractivity contribution in [1.82, 2.24) is 9.78 Å². The van der Waals surface area contributed by atoms with Gasteiger partial charge in [0.1, 0.15) is 0 Å². The maximum atomic E-state index is 11.2. The predicted molar refractivity (Wildman–Crippen MR) is 54.1 cm³/mol. The summed E-state index contributed by atoms with van der Waals surface area (Å²) < 4.78 is 6.23. The Morgan fingerprint density at radius 1 is 1.67 bits per heavy atom. The number of aliphatic hydroxyl groups is 1. The van der Waals surface area contributed by atoms with Gasteiger partial charge in [-0.05, 0) is 13.8 Å². The highest BCUT2D eigenvalue weighted by molar-refractivity contribution is 5.72. The molecule has 1 N–H and O–H groups in total. The highest BCUT2D eigenvalue weighted by Crippen LogP contribution is 2.24. The lowest BCUT2D eigenvalue weighted by Crippen LogP contribution is -2.21. The molecule has 0 spiro atoms. The van der Waals surface area contributed by atoms with E-state index >= 15 is 0 Å². The minimum Gasteiger partial charge on any atom is -0.469 e. The van der Waals surface area contributed by atoms with Crippen LogP contribution in [0.25, 0.3) is 0 Å². The molecule has 0 amide bonds. The molecule has 0 aromatic carbocycles. The van der Waals surface area contributed by atoms with Crippen molar-refractivity contribution < 1.29 is 14.6 Å². The van der Waals surface area contributed by atoms with Crippen LogP contribution in [-0.2, 0) is 16.6 Å². The first kappa shape index (κ1) is 11.7. The summed E-state index contributed by atoms with van der Waals surface area (Å²) in [5, 5.41) is 13.9. The van der Waals surface area contributed by atoms with E-state index in [4.69, 9.17) is 0 Å². The number of carbonyl (C=O) groups excluding carboxylic acids is 1. The number of aryl methyl sites for hydroxylation is 1. The number of aliphatic hydroxyl groups excluding tert-OH is 1. The first-order valence-electron chi connectivity index (χ1n) is 4.73. The van der Waals surface area contributed by atoms with Crippen molar-refractivity contribution in [1.29, 1.82) is 0 Å². The van der Waals surface area contributed by atoms with Crippen LogP contribution in [-0.4, -0.2) is 28.0 Å². The molecule has 0 aliphatic heterocycles. The summed E-state index contributed by atoms with van der Waals surface area (Å²) in [6, 6.07) is 0. The number of rotatable bonds is 3. The topological polar surface area (TPSA) is 64.3 Å². The average Bonchev–Trinajstić information content (AvgIpc) is 2.56. The van der Waals surface area contributed by atoms with Crippen LogP contribution in [0.5, 0.6) is 0 Å². The van der Waals surface area contributed by atoms with E-state index in [1.807, 2.05) is 6.92 Å². The molecule has 1 aromatic rings. The van der Waals surface area contributed by atoms with Crippen molar-refractivity contribution in [2.75, 3.05) is 7.11 Å². The molecule has 15 heavy (non-hydrogen) atoms. The summed E-state index contributed by atoms with van der Waals surface area (Å²) in [6.45, 7) is 3.47. The summed E-state index contributed by atoms with van der Waals surface area (Å²) in [6.07, 6.45) is 0.700. The normalized spacial score (nSPS) is 14.7. The zero-order valence-corrected chi connectivity index (χ0v) is 9.39. The molecule has 1 heterocycles. The molecule has 0 saturated heterocycles. The molecule has 1 rings (SSSR count). The number of methoxy groups -OCH3 is 1. The zero-order chi connectivity index (χ0) is 11.6. The van der Waals surface area contributed by atoms with Crippen LogP contribution >= 0.6 is 0 Å². The van der Waals surface area contributed by atoms with E-state index in [1.54, 1.807) is 24.9 Å². The van der Waals surface area contributed by atoms with Crippen molar-refractivity contribution in [3.8, 4) is 0 Å². The lowest BCUT2D eigenvalue weighted by molar-refractivity contribution is -0.148. The smallest absolute Gasteiger partial charge is 0.311 e. The third-order valence-electron chi connectivity index (χ3n) is 2.64. The predicted octanol–water partition coefficient (Wildman–Crippen LogP) is 0.571. The van der Waals surface area contributed by atoms with Crippen molar-refractivity contribution in [3.63, 3.8) is 0 Å². The lowest BCUT2D eigenvalue weighted by atomic mass is 9.98. The molecular formula is C10H16N2O3. The molecule has 0 bridgehead atoms. The average molecular weight is 212 g/mol. The van der Waals surface area contributed by atoms with E-state index in [0.717, 1.165) is 5.69 Å². The van der Waals surface area contributed by atoms with Crippen LogP contribution in [0, 0.1) is 12.8 Å². The second kappa shape index (κ2) is 4.44. The van der Waals surface area contributed by atoms with Crippen LogP contribution in [0.3, 0.4) is 0 Å². The quantitative estimate of drug-likeness (QED) is 0.744. The van der Waals surface area contributed by atoms with Gasteiger partial charge in [0.2, 0.25) is 0 Å². The summed E-state index contributed by atoms with van der Waals surface area (Å²) in [5.41, 5.74) is 1.51. The van der Waals surface area contributed by atoms with Gasteiger partial charge in [0.15, 0.2) is 0 Å². The highest BCUT2D eigenvalue weighted by Gasteiger charge is 2.26. The van der Waals surface area contributed by atoms with Gasteiger partial charge in [-0.1, -0.05) is 0 Å². The Hall–Kier alpha value is -1.36. The number of carbonyl (C=O) groups is 1. The maximum absolute atomic E-state index is 11.2. The zero-order valence-electron chi connectivity index (χ0n) is 9.39. The Morgan fingerprint density at radius 2 is 2.27 bits per heavy atom. The number of esters is 1. The van der Waals surface area contributed by atoms with Crippen LogP contribution in [0.15, 0.2) is 6.20 Å². The van der Waals surface area contributed by atoms with Crippen molar-refractivity contribution in [2.24, 2.45) is 13.0 Å². The summed E-state index contributed by atoms with van der Waals surface area (Å²) in [5.74, 6) is -1.01. The number of nitrogens with zero attached hydrogens (tertiary/aromatic N) is 2. The Labute approximate surface area is 88.7 Å². The van der Waals surface area contributed by atoms with Crippen LogP contribution in [0.1, 0.15) is 24.3 Å². The Morgan fingerprint density at radius 3 is 2.67 bits per heavy atom. The first-order chi connectivity index (χ1) is 6.99. The minimum atomic E-state index is -0.869. The fourth-order valence-electron chi connectivity index (χ4n) is 1.39. The highest BCUT2D eigenvalue weighted by atomic mass is 16.5. The molecule has 0 radical (unpaired) electrons. The molecule has 0 aliphatic rings. The van der Waals surface area contributed by atoms with Gasteiger partial charge in [-0.15, -0.1) is 0 Å². The minimum absolute atomic E-state index is 0.425. The second-order valence-electron chi connectivity index (χ2n) is 3.57. The molecule has 84 valence electrons. The molecule has 2 atom stereocenters. The van der Waals surface area contributed by atoms with Crippen molar-refractivity contribution in [2.45, 2.75) is 20.0 Å². The van der Waals surface area contributed by atoms with Crippen LogP contribution in [0.4, 0.5) is 0 Å². The molecule has 2 unspecified atom stereocenters. The van der Waals surface area contributed by atoms with Gasteiger partial charge in [-0.3, -0.25) is 9.48 Å². The monoisotopic (exact) mass is 212 g/mol. The largest absolute Gasteiger partial charge is 0.469 e. The third-order valence-corrected chi connectivity index (χ3v) is 2.64. The molecule has 0 aliphatic carbocycles. The molecule has 1 aromatic heterocycles.